The zero-order valence-electron chi connectivity index (χ0n) is 10.8. The third-order valence-corrected chi connectivity index (χ3v) is 4.58. The molecule has 2 aliphatic rings. The number of hydrogen-bond donors (Lipinski definition) is 1. The van der Waals surface area contributed by atoms with Gasteiger partial charge in [-0.15, -0.1) is 0 Å². The Morgan fingerprint density at radius 1 is 1.43 bits per heavy atom. The summed E-state index contributed by atoms with van der Waals surface area (Å²) in [5, 5.41) is 18.7. The van der Waals surface area contributed by atoms with E-state index in [-0.39, 0.29) is 22.4 Å². The first-order chi connectivity index (χ1) is 9.82. The minimum atomic E-state index is -4.64. The Morgan fingerprint density at radius 3 is 2.71 bits per heavy atom. The van der Waals surface area contributed by atoms with Crippen molar-refractivity contribution >= 4 is 17.3 Å². The van der Waals surface area contributed by atoms with Crippen LogP contribution in [0.3, 0.4) is 0 Å². The number of rotatable bonds is 2. The van der Waals surface area contributed by atoms with Crippen LogP contribution < -0.4 is 4.90 Å². The van der Waals surface area contributed by atoms with Crippen molar-refractivity contribution in [1.29, 1.82) is 5.26 Å². The normalized spacial score (nSPS) is 29.0. The molecule has 0 aromatic heterocycles. The van der Waals surface area contributed by atoms with Crippen molar-refractivity contribution < 1.29 is 18.3 Å². The molecule has 3 rings (SSSR count). The molecule has 1 heterocycles. The molecule has 1 saturated carbocycles. The Balaban J connectivity index is 1.91. The number of halogens is 4. The van der Waals surface area contributed by atoms with Crippen LogP contribution in [0.2, 0.25) is 5.02 Å². The second-order valence-corrected chi connectivity index (χ2v) is 5.97. The van der Waals surface area contributed by atoms with E-state index >= 15 is 0 Å². The Kier molecular flexibility index (Phi) is 3.30. The number of nitrogens with zero attached hydrogens (tertiary/aromatic N) is 2. The number of fused-ring (bicyclic) bond motifs is 1. The molecular formula is C14H12ClF3N2O. The molecule has 3 nitrogen and oxygen atoms in total. The smallest absolute Gasteiger partial charge is 0.382 e. The van der Waals surface area contributed by atoms with Crippen LogP contribution in [-0.4, -0.2) is 30.0 Å². The summed E-state index contributed by atoms with van der Waals surface area (Å²) in [5.74, 6) is 0.0671. The number of aliphatic hydroxyl groups excluding tert-OH is 1. The van der Waals surface area contributed by atoms with Gasteiger partial charge in [0.15, 0.2) is 6.10 Å². The van der Waals surface area contributed by atoms with Gasteiger partial charge in [-0.05, 0) is 36.5 Å². The Hall–Kier alpha value is -1.45. The highest BCUT2D eigenvalue weighted by Crippen LogP contribution is 2.53. The molecule has 1 N–H and O–H groups in total. The van der Waals surface area contributed by atoms with Crippen molar-refractivity contribution in [3.8, 4) is 6.07 Å². The van der Waals surface area contributed by atoms with E-state index in [1.54, 1.807) is 11.0 Å². The molecule has 0 bridgehead atoms. The van der Waals surface area contributed by atoms with Crippen molar-refractivity contribution in [1.82, 2.24) is 0 Å². The van der Waals surface area contributed by atoms with Crippen molar-refractivity contribution in [3.63, 3.8) is 0 Å². The average molecular weight is 317 g/mol. The zero-order chi connectivity index (χ0) is 15.4. The van der Waals surface area contributed by atoms with E-state index in [1.807, 2.05) is 6.07 Å². The SMILES string of the molecule is N#Cc1ccc(N2C[C@H]3C[C@H]3C2[C@@H](O)C(F)(F)F)cc1Cl. The molecule has 0 amide bonds. The van der Waals surface area contributed by atoms with Gasteiger partial charge in [0.2, 0.25) is 0 Å². The van der Waals surface area contributed by atoms with Crippen molar-refractivity contribution in [2.24, 2.45) is 11.8 Å². The predicted molar refractivity (Wildman–Crippen MR) is 71.0 cm³/mol. The van der Waals surface area contributed by atoms with Crippen LogP contribution in [0.4, 0.5) is 18.9 Å². The molecule has 4 atom stereocenters. The molecule has 21 heavy (non-hydrogen) atoms. The van der Waals surface area contributed by atoms with Crippen LogP contribution in [0.1, 0.15) is 12.0 Å². The molecule has 7 heteroatoms. The molecule has 1 aliphatic carbocycles. The van der Waals surface area contributed by atoms with E-state index in [0.29, 0.717) is 12.2 Å². The summed E-state index contributed by atoms with van der Waals surface area (Å²) < 4.78 is 38.5. The fourth-order valence-corrected chi connectivity index (χ4v) is 3.37. The second-order valence-electron chi connectivity index (χ2n) is 5.56. The number of nitriles is 1. The lowest BCUT2D eigenvalue weighted by Crippen LogP contribution is -2.49. The third-order valence-electron chi connectivity index (χ3n) is 4.27. The summed E-state index contributed by atoms with van der Waals surface area (Å²) in [5.41, 5.74) is 0.789. The zero-order valence-corrected chi connectivity index (χ0v) is 11.6. The number of anilines is 1. The maximum atomic E-state index is 12.8. The molecule has 1 aliphatic heterocycles. The Morgan fingerprint density at radius 2 is 2.14 bits per heavy atom. The highest BCUT2D eigenvalue weighted by atomic mass is 35.5. The van der Waals surface area contributed by atoms with Gasteiger partial charge in [-0.25, -0.2) is 0 Å². The molecule has 2 fully saturated rings. The Labute approximate surface area is 124 Å². The van der Waals surface area contributed by atoms with Gasteiger partial charge in [0, 0.05) is 12.2 Å². The molecule has 1 saturated heterocycles. The highest BCUT2D eigenvalue weighted by molar-refractivity contribution is 6.32. The molecule has 112 valence electrons. The van der Waals surface area contributed by atoms with Gasteiger partial charge in [-0.2, -0.15) is 18.4 Å². The van der Waals surface area contributed by atoms with Gasteiger partial charge >= 0.3 is 6.18 Å². The van der Waals surface area contributed by atoms with Gasteiger partial charge in [-0.3, -0.25) is 0 Å². The van der Waals surface area contributed by atoms with E-state index < -0.39 is 18.3 Å². The number of hydrogen-bond acceptors (Lipinski definition) is 3. The number of alkyl halides is 3. The van der Waals surface area contributed by atoms with Gasteiger partial charge in [-0.1, -0.05) is 11.6 Å². The summed E-state index contributed by atoms with van der Waals surface area (Å²) in [6, 6.07) is 5.48. The van der Waals surface area contributed by atoms with E-state index in [9.17, 15) is 18.3 Å². The molecule has 0 radical (unpaired) electrons. The van der Waals surface area contributed by atoms with Gasteiger partial charge < -0.3 is 10.0 Å². The Bertz CT molecular complexity index is 613. The van der Waals surface area contributed by atoms with E-state index in [1.165, 1.54) is 12.1 Å². The third kappa shape index (κ3) is 2.45. The minimum Gasteiger partial charge on any atom is -0.382 e. The van der Waals surface area contributed by atoms with E-state index in [2.05, 4.69) is 0 Å². The van der Waals surface area contributed by atoms with Gasteiger partial charge in [0.25, 0.3) is 0 Å². The molecule has 1 aromatic carbocycles. The number of piperidine rings is 1. The first-order valence-corrected chi connectivity index (χ1v) is 6.92. The van der Waals surface area contributed by atoms with Crippen LogP contribution in [0, 0.1) is 23.2 Å². The molecular weight excluding hydrogens is 305 g/mol. The quantitative estimate of drug-likeness (QED) is 0.912. The van der Waals surface area contributed by atoms with Crippen LogP contribution in [0.5, 0.6) is 0 Å². The average Bonchev–Trinajstić information content (AvgIpc) is 3.08. The van der Waals surface area contributed by atoms with Crippen molar-refractivity contribution in [2.75, 3.05) is 11.4 Å². The largest absolute Gasteiger partial charge is 0.416 e. The summed E-state index contributed by atoms with van der Waals surface area (Å²) in [6.07, 6.45) is -6.29. The van der Waals surface area contributed by atoms with Gasteiger partial charge in [0.1, 0.15) is 6.07 Å². The topological polar surface area (TPSA) is 47.3 Å². The number of aliphatic hydroxyl groups is 1. The second kappa shape index (κ2) is 4.79. The maximum absolute atomic E-state index is 12.8. The standard InChI is InChI=1S/C14H12ClF3N2O/c15-11-4-9(2-1-7(11)5-19)20-6-8-3-10(8)12(20)13(21)14(16,17)18/h1-2,4,8,10,12-13,21H,3,6H2/t8-,10-,12?,13-/m1/s1. The summed E-state index contributed by atoms with van der Waals surface area (Å²) in [6.45, 7) is 0.477. The molecule has 0 spiro atoms. The lowest BCUT2D eigenvalue weighted by molar-refractivity contribution is -0.210. The lowest BCUT2D eigenvalue weighted by Gasteiger charge is -2.34. The predicted octanol–water partition coefficient (Wildman–Crippen LogP) is 2.96. The first kappa shape index (κ1) is 14.5. The lowest BCUT2D eigenvalue weighted by atomic mass is 10.0. The first-order valence-electron chi connectivity index (χ1n) is 6.54. The maximum Gasteiger partial charge on any atom is 0.416 e. The van der Waals surface area contributed by atoms with Crippen LogP contribution in [-0.2, 0) is 0 Å². The van der Waals surface area contributed by atoms with Crippen LogP contribution in [0.25, 0.3) is 0 Å². The fourth-order valence-electron chi connectivity index (χ4n) is 3.15. The number of benzene rings is 1. The summed E-state index contributed by atoms with van der Waals surface area (Å²) >= 11 is 5.94. The fraction of sp³-hybridized carbons (Fsp3) is 0.500. The molecule has 1 unspecified atom stereocenters. The summed E-state index contributed by atoms with van der Waals surface area (Å²) in [4.78, 5) is 1.56. The van der Waals surface area contributed by atoms with Crippen molar-refractivity contribution in [2.45, 2.75) is 24.7 Å². The van der Waals surface area contributed by atoms with Crippen LogP contribution in [0.15, 0.2) is 18.2 Å². The minimum absolute atomic E-state index is 0.129. The monoisotopic (exact) mass is 316 g/mol. The highest BCUT2D eigenvalue weighted by Gasteiger charge is 2.60. The van der Waals surface area contributed by atoms with Crippen LogP contribution >= 0.6 is 11.6 Å². The van der Waals surface area contributed by atoms with E-state index in [0.717, 1.165) is 6.42 Å². The summed E-state index contributed by atoms with van der Waals surface area (Å²) in [7, 11) is 0. The molecule has 1 aromatic rings. The van der Waals surface area contributed by atoms with E-state index in [4.69, 9.17) is 16.9 Å². The van der Waals surface area contributed by atoms with Crippen molar-refractivity contribution in [3.05, 3.63) is 28.8 Å². The van der Waals surface area contributed by atoms with Gasteiger partial charge in [0.05, 0.1) is 16.6 Å².